The lowest BCUT2D eigenvalue weighted by atomic mass is 10.0. The molecule has 1 atom stereocenters. The van der Waals surface area contributed by atoms with E-state index in [-0.39, 0.29) is 12.1 Å². The van der Waals surface area contributed by atoms with E-state index < -0.39 is 0 Å². The van der Waals surface area contributed by atoms with Crippen molar-refractivity contribution in [3.05, 3.63) is 6.33 Å². The predicted octanol–water partition coefficient (Wildman–Crippen LogP) is 0.257. The summed E-state index contributed by atoms with van der Waals surface area (Å²) < 4.78 is 0. The zero-order valence-corrected chi connectivity index (χ0v) is 9.27. The van der Waals surface area contributed by atoms with Crippen LogP contribution in [-0.4, -0.2) is 45.2 Å². The molecule has 6 heteroatoms. The van der Waals surface area contributed by atoms with Crippen molar-refractivity contribution in [2.75, 3.05) is 19.4 Å². The zero-order chi connectivity index (χ0) is 10.4. The summed E-state index contributed by atoms with van der Waals surface area (Å²) in [6, 6.07) is 0. The maximum Gasteiger partial charge on any atom is 0.183 e. The van der Waals surface area contributed by atoms with Crippen molar-refractivity contribution in [3.8, 4) is 0 Å². The number of hydrogen-bond donors (Lipinski definition) is 3. The maximum absolute atomic E-state index is 9.13. The minimum absolute atomic E-state index is 0.139. The molecule has 3 N–H and O–H groups in total. The average molecular weight is 216 g/mol. The smallest absolute Gasteiger partial charge is 0.183 e. The van der Waals surface area contributed by atoms with Crippen LogP contribution in [-0.2, 0) is 0 Å². The number of rotatable bonds is 6. The molecule has 80 valence electrons. The van der Waals surface area contributed by atoms with Crippen LogP contribution < -0.4 is 5.32 Å². The predicted molar refractivity (Wildman–Crippen MR) is 56.3 cm³/mol. The molecular formula is C8H16N4OS. The number of nitrogens with one attached hydrogen (secondary N) is 2. The van der Waals surface area contributed by atoms with Crippen molar-refractivity contribution in [2.45, 2.75) is 24.0 Å². The number of aliphatic hydroxyl groups excluding tert-OH is 1. The third kappa shape index (κ3) is 3.28. The lowest BCUT2D eigenvalue weighted by Crippen LogP contribution is -2.43. The normalized spacial score (nSPS) is 15.4. The van der Waals surface area contributed by atoms with Gasteiger partial charge in [0.25, 0.3) is 0 Å². The number of thioether (sulfide) groups is 1. The molecule has 1 rings (SSSR count). The molecule has 0 aliphatic heterocycles. The van der Waals surface area contributed by atoms with E-state index in [2.05, 4.69) is 20.5 Å². The van der Waals surface area contributed by atoms with Gasteiger partial charge < -0.3 is 10.4 Å². The third-order valence-electron chi connectivity index (χ3n) is 2.24. The molecule has 1 aromatic heterocycles. The second-order valence-corrected chi connectivity index (χ2v) is 4.44. The summed E-state index contributed by atoms with van der Waals surface area (Å²) in [4.78, 5) is 4.00. The minimum Gasteiger partial charge on any atom is -0.394 e. The van der Waals surface area contributed by atoms with E-state index >= 15 is 0 Å². The van der Waals surface area contributed by atoms with Crippen molar-refractivity contribution in [1.82, 2.24) is 20.5 Å². The van der Waals surface area contributed by atoms with Crippen molar-refractivity contribution in [1.29, 1.82) is 0 Å². The Morgan fingerprint density at radius 3 is 3.00 bits per heavy atom. The van der Waals surface area contributed by atoms with Gasteiger partial charge in [-0.3, -0.25) is 5.10 Å². The zero-order valence-electron chi connectivity index (χ0n) is 8.45. The number of H-pyrrole nitrogens is 1. The van der Waals surface area contributed by atoms with Crippen molar-refractivity contribution in [2.24, 2.45) is 0 Å². The summed E-state index contributed by atoms with van der Waals surface area (Å²) in [6.45, 7) is 2.13. The lowest BCUT2D eigenvalue weighted by molar-refractivity contribution is 0.179. The summed E-state index contributed by atoms with van der Waals surface area (Å²) in [5.41, 5.74) is -0.201. The van der Waals surface area contributed by atoms with Gasteiger partial charge in [0.15, 0.2) is 5.16 Å². The lowest BCUT2D eigenvalue weighted by Gasteiger charge is -2.26. The van der Waals surface area contributed by atoms with Gasteiger partial charge in [0, 0.05) is 11.3 Å². The molecule has 5 nitrogen and oxygen atoms in total. The number of aromatic nitrogens is 3. The average Bonchev–Trinajstić information content (AvgIpc) is 2.70. The SMILES string of the molecule is CNC(C)(CO)CCSc1ncn[nH]1. The van der Waals surface area contributed by atoms with E-state index in [1.165, 1.54) is 6.33 Å². The maximum atomic E-state index is 9.13. The molecule has 0 radical (unpaired) electrons. The van der Waals surface area contributed by atoms with Gasteiger partial charge in [-0.2, -0.15) is 5.10 Å². The van der Waals surface area contributed by atoms with Gasteiger partial charge in [0.05, 0.1) is 6.61 Å². The molecule has 1 aromatic rings. The molecule has 0 fully saturated rings. The molecule has 0 amide bonds. The van der Waals surface area contributed by atoms with Crippen molar-refractivity contribution >= 4 is 11.8 Å². The second kappa shape index (κ2) is 5.33. The summed E-state index contributed by atoms with van der Waals surface area (Å²) in [5.74, 6) is 0.896. The summed E-state index contributed by atoms with van der Waals surface area (Å²) in [7, 11) is 1.86. The summed E-state index contributed by atoms with van der Waals surface area (Å²) in [6.07, 6.45) is 2.37. The van der Waals surface area contributed by atoms with E-state index in [1.54, 1.807) is 11.8 Å². The highest BCUT2D eigenvalue weighted by atomic mass is 32.2. The highest BCUT2D eigenvalue weighted by Crippen LogP contribution is 2.17. The fourth-order valence-electron chi connectivity index (χ4n) is 0.920. The number of nitrogens with zero attached hydrogens (tertiary/aromatic N) is 2. The Hall–Kier alpha value is -0.590. The van der Waals surface area contributed by atoms with Gasteiger partial charge in [-0.15, -0.1) is 0 Å². The van der Waals surface area contributed by atoms with Gasteiger partial charge in [0.2, 0.25) is 0 Å². The largest absolute Gasteiger partial charge is 0.394 e. The fourth-order valence-corrected chi connectivity index (χ4v) is 1.90. The van der Waals surface area contributed by atoms with Crippen LogP contribution in [0.5, 0.6) is 0 Å². The first kappa shape index (κ1) is 11.5. The molecule has 1 unspecified atom stereocenters. The van der Waals surface area contributed by atoms with Crippen LogP contribution >= 0.6 is 11.8 Å². The van der Waals surface area contributed by atoms with Crippen LogP contribution in [0, 0.1) is 0 Å². The standard InChI is InChI=1S/C8H16N4OS/c1-8(5-13,9-2)3-4-14-7-10-6-11-12-7/h6,9,13H,3-5H2,1-2H3,(H,10,11,12). The molecule has 1 heterocycles. The van der Waals surface area contributed by atoms with Gasteiger partial charge in [0.1, 0.15) is 6.33 Å². The van der Waals surface area contributed by atoms with Crippen LogP contribution in [0.1, 0.15) is 13.3 Å². The Balaban J connectivity index is 2.27. The van der Waals surface area contributed by atoms with Gasteiger partial charge in [-0.05, 0) is 20.4 Å². The number of hydrogen-bond acceptors (Lipinski definition) is 5. The topological polar surface area (TPSA) is 73.8 Å². The molecular weight excluding hydrogens is 200 g/mol. The highest BCUT2D eigenvalue weighted by molar-refractivity contribution is 7.99. The molecule has 0 saturated carbocycles. The summed E-state index contributed by atoms with van der Waals surface area (Å²) in [5, 5.41) is 19.6. The first-order valence-corrected chi connectivity index (χ1v) is 5.47. The Labute approximate surface area is 87.7 Å². The molecule has 0 spiro atoms. The van der Waals surface area contributed by atoms with Crippen LogP contribution in [0.2, 0.25) is 0 Å². The van der Waals surface area contributed by atoms with E-state index in [4.69, 9.17) is 5.11 Å². The van der Waals surface area contributed by atoms with Gasteiger partial charge >= 0.3 is 0 Å². The van der Waals surface area contributed by atoms with Crippen LogP contribution in [0.4, 0.5) is 0 Å². The van der Waals surface area contributed by atoms with Crippen molar-refractivity contribution in [3.63, 3.8) is 0 Å². The molecule has 0 aromatic carbocycles. The van der Waals surface area contributed by atoms with Crippen LogP contribution in [0.15, 0.2) is 11.5 Å². The van der Waals surface area contributed by atoms with E-state index in [0.717, 1.165) is 17.3 Å². The van der Waals surface area contributed by atoms with E-state index in [0.29, 0.717) is 0 Å². The van der Waals surface area contributed by atoms with Crippen LogP contribution in [0.3, 0.4) is 0 Å². The minimum atomic E-state index is -0.201. The Morgan fingerprint density at radius 2 is 2.50 bits per heavy atom. The highest BCUT2D eigenvalue weighted by Gasteiger charge is 2.20. The Bertz CT molecular complexity index is 248. The van der Waals surface area contributed by atoms with Gasteiger partial charge in [-0.1, -0.05) is 11.8 Å². The molecule has 0 aliphatic rings. The summed E-state index contributed by atoms with van der Waals surface area (Å²) >= 11 is 1.60. The third-order valence-corrected chi connectivity index (χ3v) is 3.12. The molecule has 0 aliphatic carbocycles. The van der Waals surface area contributed by atoms with Crippen LogP contribution in [0.25, 0.3) is 0 Å². The number of aliphatic hydroxyl groups is 1. The van der Waals surface area contributed by atoms with E-state index in [9.17, 15) is 0 Å². The second-order valence-electron chi connectivity index (χ2n) is 3.36. The van der Waals surface area contributed by atoms with Crippen molar-refractivity contribution < 1.29 is 5.11 Å². The number of aromatic amines is 1. The fraction of sp³-hybridized carbons (Fsp3) is 0.750. The molecule has 0 saturated heterocycles. The quantitative estimate of drug-likeness (QED) is 0.595. The number of likely N-dealkylation sites (N-methyl/N-ethyl adjacent to an activating group) is 1. The Morgan fingerprint density at radius 1 is 1.71 bits per heavy atom. The van der Waals surface area contributed by atoms with E-state index in [1.807, 2.05) is 14.0 Å². The molecule has 0 bridgehead atoms. The van der Waals surface area contributed by atoms with Gasteiger partial charge in [-0.25, -0.2) is 4.98 Å². The monoisotopic (exact) mass is 216 g/mol. The Kier molecular flexibility index (Phi) is 4.37. The first-order chi connectivity index (χ1) is 6.70. The molecule has 14 heavy (non-hydrogen) atoms. The first-order valence-electron chi connectivity index (χ1n) is 4.48.